The monoisotopic (exact) mass is 297 g/mol. The Morgan fingerprint density at radius 2 is 1.90 bits per heavy atom. The van der Waals surface area contributed by atoms with Crippen molar-refractivity contribution >= 4 is 33.5 Å². The third-order valence-corrected chi connectivity index (χ3v) is 3.78. The number of hydrogen-bond acceptors (Lipinski definition) is 2. The second kappa shape index (κ2) is 4.57. The van der Waals surface area contributed by atoms with E-state index in [2.05, 4.69) is 4.98 Å². The van der Waals surface area contributed by atoms with E-state index in [1.54, 1.807) is 30.5 Å². The molecule has 2 heterocycles. The molecule has 0 saturated heterocycles. The van der Waals surface area contributed by atoms with Crippen LogP contribution in [0, 0.1) is 5.82 Å². The summed E-state index contributed by atoms with van der Waals surface area (Å²) in [5, 5.41) is 2.23. The fourth-order valence-corrected chi connectivity index (χ4v) is 2.75. The van der Waals surface area contributed by atoms with Crippen molar-refractivity contribution in [2.45, 2.75) is 0 Å². The van der Waals surface area contributed by atoms with Gasteiger partial charge in [0.15, 0.2) is 5.58 Å². The third kappa shape index (κ3) is 1.89. The summed E-state index contributed by atoms with van der Waals surface area (Å²) in [5.74, 6) is 0.150. The standard InChI is InChI=1S/C17H9ClFNO/c18-13-8-10-9-15(12-4-1-2-6-14(12)19)21-17(10)16-11(13)5-3-7-20-16/h1-9H. The lowest BCUT2D eigenvalue weighted by Gasteiger charge is -2.00. The van der Waals surface area contributed by atoms with Gasteiger partial charge in [0, 0.05) is 17.0 Å². The minimum atomic E-state index is -0.320. The molecule has 2 aromatic heterocycles. The van der Waals surface area contributed by atoms with Gasteiger partial charge >= 0.3 is 0 Å². The summed E-state index contributed by atoms with van der Waals surface area (Å²) in [6, 6.07) is 13.8. The van der Waals surface area contributed by atoms with Crippen LogP contribution in [-0.2, 0) is 0 Å². The molecule has 0 spiro atoms. The zero-order valence-electron chi connectivity index (χ0n) is 10.8. The average Bonchev–Trinajstić information content (AvgIpc) is 2.92. The topological polar surface area (TPSA) is 26.0 Å². The Morgan fingerprint density at radius 1 is 1.05 bits per heavy atom. The van der Waals surface area contributed by atoms with Crippen molar-refractivity contribution in [2.75, 3.05) is 0 Å². The molecule has 21 heavy (non-hydrogen) atoms. The van der Waals surface area contributed by atoms with Crippen LogP contribution in [0.15, 0.2) is 59.1 Å². The van der Waals surface area contributed by atoms with Gasteiger partial charge in [-0.05, 0) is 36.4 Å². The predicted octanol–water partition coefficient (Wildman–Crippen LogP) is 5.44. The number of pyridine rings is 1. The molecule has 0 N–H and O–H groups in total. The van der Waals surface area contributed by atoms with E-state index in [1.165, 1.54) is 6.07 Å². The van der Waals surface area contributed by atoms with Crippen molar-refractivity contribution in [1.82, 2.24) is 4.98 Å². The number of aromatic nitrogens is 1. The van der Waals surface area contributed by atoms with Gasteiger partial charge in [0.2, 0.25) is 0 Å². The van der Waals surface area contributed by atoms with Gasteiger partial charge in [-0.3, -0.25) is 4.98 Å². The van der Waals surface area contributed by atoms with E-state index in [0.29, 0.717) is 27.4 Å². The SMILES string of the molecule is Fc1ccccc1-c1cc2cc(Cl)c3cccnc3c2o1. The van der Waals surface area contributed by atoms with Crippen LogP contribution in [0.1, 0.15) is 0 Å². The molecule has 0 atom stereocenters. The maximum Gasteiger partial charge on any atom is 0.161 e. The van der Waals surface area contributed by atoms with E-state index in [1.807, 2.05) is 18.2 Å². The van der Waals surface area contributed by atoms with E-state index in [4.69, 9.17) is 16.0 Å². The molecule has 0 saturated carbocycles. The van der Waals surface area contributed by atoms with E-state index in [-0.39, 0.29) is 5.82 Å². The lowest BCUT2D eigenvalue weighted by atomic mass is 10.1. The van der Waals surface area contributed by atoms with Crippen LogP contribution in [0.3, 0.4) is 0 Å². The molecular weight excluding hydrogens is 289 g/mol. The molecule has 4 aromatic rings. The Balaban J connectivity index is 2.07. The smallest absolute Gasteiger partial charge is 0.161 e. The van der Waals surface area contributed by atoms with E-state index in [9.17, 15) is 4.39 Å². The number of rotatable bonds is 1. The molecule has 102 valence electrons. The Bertz CT molecular complexity index is 977. The van der Waals surface area contributed by atoms with Gasteiger partial charge in [-0.15, -0.1) is 0 Å². The predicted molar refractivity (Wildman–Crippen MR) is 81.9 cm³/mol. The Labute approximate surface area is 124 Å². The molecule has 2 nitrogen and oxygen atoms in total. The minimum Gasteiger partial charge on any atom is -0.454 e. The van der Waals surface area contributed by atoms with Crippen LogP contribution in [-0.4, -0.2) is 4.98 Å². The summed E-state index contributed by atoms with van der Waals surface area (Å²) >= 11 is 6.27. The first-order valence-electron chi connectivity index (χ1n) is 6.46. The normalized spacial score (nSPS) is 11.3. The zero-order valence-corrected chi connectivity index (χ0v) is 11.6. The first-order chi connectivity index (χ1) is 10.2. The van der Waals surface area contributed by atoms with Crippen molar-refractivity contribution in [3.8, 4) is 11.3 Å². The largest absolute Gasteiger partial charge is 0.454 e. The van der Waals surface area contributed by atoms with Crippen molar-refractivity contribution < 1.29 is 8.81 Å². The van der Waals surface area contributed by atoms with Crippen molar-refractivity contribution in [1.29, 1.82) is 0 Å². The van der Waals surface area contributed by atoms with Gasteiger partial charge in [0.05, 0.1) is 10.6 Å². The third-order valence-electron chi connectivity index (χ3n) is 3.46. The highest BCUT2D eigenvalue weighted by atomic mass is 35.5. The summed E-state index contributed by atoms with van der Waals surface area (Å²) in [6.07, 6.45) is 1.68. The van der Waals surface area contributed by atoms with Gasteiger partial charge in [-0.2, -0.15) is 0 Å². The van der Waals surface area contributed by atoms with Crippen molar-refractivity contribution in [3.05, 3.63) is 65.6 Å². The van der Waals surface area contributed by atoms with Gasteiger partial charge in [-0.1, -0.05) is 23.7 Å². The molecular formula is C17H9ClFNO. The second-order valence-electron chi connectivity index (χ2n) is 4.77. The minimum absolute atomic E-state index is 0.320. The van der Waals surface area contributed by atoms with E-state index >= 15 is 0 Å². The Morgan fingerprint density at radius 3 is 2.76 bits per heavy atom. The highest BCUT2D eigenvalue weighted by molar-refractivity contribution is 6.37. The molecule has 0 aliphatic rings. The Kier molecular flexibility index (Phi) is 2.69. The highest BCUT2D eigenvalue weighted by Crippen LogP contribution is 2.36. The summed E-state index contributed by atoms with van der Waals surface area (Å²) in [5.41, 5.74) is 1.73. The molecule has 0 fully saturated rings. The maximum atomic E-state index is 13.9. The number of benzene rings is 2. The number of halogens is 2. The fraction of sp³-hybridized carbons (Fsp3) is 0. The van der Waals surface area contributed by atoms with Crippen molar-refractivity contribution in [2.24, 2.45) is 0 Å². The van der Waals surface area contributed by atoms with Gasteiger partial charge in [0.25, 0.3) is 0 Å². The summed E-state index contributed by atoms with van der Waals surface area (Å²) in [6.45, 7) is 0. The first kappa shape index (κ1) is 12.4. The van der Waals surface area contributed by atoms with Crippen LogP contribution in [0.2, 0.25) is 5.02 Å². The number of furan rings is 1. The molecule has 4 rings (SSSR count). The molecule has 0 aliphatic heterocycles. The highest BCUT2D eigenvalue weighted by Gasteiger charge is 2.14. The van der Waals surface area contributed by atoms with Gasteiger partial charge in [-0.25, -0.2) is 4.39 Å². The molecule has 4 heteroatoms. The molecule has 2 aromatic carbocycles. The summed E-state index contributed by atoms with van der Waals surface area (Å²) in [7, 11) is 0. The molecule has 0 radical (unpaired) electrons. The van der Waals surface area contributed by atoms with Crippen LogP contribution in [0.5, 0.6) is 0 Å². The van der Waals surface area contributed by atoms with E-state index < -0.39 is 0 Å². The fourth-order valence-electron chi connectivity index (χ4n) is 2.48. The second-order valence-corrected chi connectivity index (χ2v) is 5.17. The van der Waals surface area contributed by atoms with Crippen LogP contribution in [0.25, 0.3) is 33.2 Å². The molecule has 0 bridgehead atoms. The Hall–Kier alpha value is -2.39. The lowest BCUT2D eigenvalue weighted by Crippen LogP contribution is -1.80. The molecule has 0 aliphatic carbocycles. The van der Waals surface area contributed by atoms with Crippen LogP contribution < -0.4 is 0 Å². The first-order valence-corrected chi connectivity index (χ1v) is 6.83. The number of fused-ring (bicyclic) bond motifs is 3. The quantitative estimate of drug-likeness (QED) is 0.467. The van der Waals surface area contributed by atoms with Crippen LogP contribution >= 0.6 is 11.6 Å². The number of hydrogen-bond donors (Lipinski definition) is 0. The lowest BCUT2D eigenvalue weighted by molar-refractivity contribution is 0.603. The summed E-state index contributed by atoms with van der Waals surface area (Å²) in [4.78, 5) is 4.33. The van der Waals surface area contributed by atoms with Crippen molar-refractivity contribution in [3.63, 3.8) is 0 Å². The zero-order chi connectivity index (χ0) is 14.4. The van der Waals surface area contributed by atoms with E-state index in [0.717, 1.165) is 10.8 Å². The van der Waals surface area contributed by atoms with Gasteiger partial charge in [0.1, 0.15) is 17.1 Å². The summed E-state index contributed by atoms with van der Waals surface area (Å²) < 4.78 is 19.7. The molecule has 0 unspecified atom stereocenters. The average molecular weight is 298 g/mol. The molecule has 0 amide bonds. The maximum absolute atomic E-state index is 13.9. The van der Waals surface area contributed by atoms with Gasteiger partial charge < -0.3 is 4.42 Å². The number of nitrogens with zero attached hydrogens (tertiary/aromatic N) is 1. The van der Waals surface area contributed by atoms with Crippen LogP contribution in [0.4, 0.5) is 4.39 Å².